The van der Waals surface area contributed by atoms with Crippen molar-refractivity contribution >= 4 is 21.5 Å². The van der Waals surface area contributed by atoms with E-state index in [1.165, 1.54) is 24.3 Å². The molecule has 1 aromatic carbocycles. The van der Waals surface area contributed by atoms with Gasteiger partial charge < -0.3 is 5.73 Å². The van der Waals surface area contributed by atoms with E-state index in [1.807, 2.05) is 0 Å². The van der Waals surface area contributed by atoms with Crippen LogP contribution in [0.3, 0.4) is 0 Å². The summed E-state index contributed by atoms with van der Waals surface area (Å²) in [5.74, 6) is -2.01. The van der Waals surface area contributed by atoms with Gasteiger partial charge in [0, 0.05) is 12.0 Å². The highest BCUT2D eigenvalue weighted by Gasteiger charge is 2.55. The number of hydrogen-bond acceptors (Lipinski definition) is 6. The summed E-state index contributed by atoms with van der Waals surface area (Å²) in [5, 5.41) is 0. The molecule has 0 radical (unpaired) electrons. The van der Waals surface area contributed by atoms with Crippen LogP contribution in [0.15, 0.2) is 41.5 Å². The molecule has 1 aromatic heterocycles. The van der Waals surface area contributed by atoms with Crippen LogP contribution in [0, 0.1) is 17.6 Å². The van der Waals surface area contributed by atoms with E-state index >= 15 is 0 Å². The van der Waals surface area contributed by atoms with E-state index in [2.05, 4.69) is 9.98 Å². The number of sulfone groups is 1. The molecule has 2 aliphatic rings. The number of pyridine rings is 1. The Hall–Kier alpha value is -2.68. The van der Waals surface area contributed by atoms with Crippen LogP contribution in [-0.2, 0) is 21.8 Å². The van der Waals surface area contributed by atoms with E-state index in [9.17, 15) is 22.0 Å². The first-order chi connectivity index (χ1) is 16.0. The first kappa shape index (κ1) is 24.4. The third kappa shape index (κ3) is 4.26. The van der Waals surface area contributed by atoms with Gasteiger partial charge in [-0.3, -0.25) is 14.8 Å². The Morgan fingerprint density at radius 1 is 1.12 bits per heavy atom. The minimum absolute atomic E-state index is 0.0181. The molecule has 6 nitrogen and oxygen atoms in total. The molecule has 9 heteroatoms. The van der Waals surface area contributed by atoms with Crippen molar-refractivity contribution in [3.8, 4) is 0 Å². The maximum Gasteiger partial charge on any atom is 0.185 e. The zero-order chi connectivity index (χ0) is 24.7. The van der Waals surface area contributed by atoms with Crippen LogP contribution >= 0.6 is 0 Å². The molecule has 182 valence electrons. The highest BCUT2D eigenvalue weighted by Crippen LogP contribution is 2.45. The molecular weight excluding hydrogens is 460 g/mol. The summed E-state index contributed by atoms with van der Waals surface area (Å²) in [7, 11) is -3.76. The van der Waals surface area contributed by atoms with Gasteiger partial charge in [0.15, 0.2) is 15.6 Å². The fourth-order valence-electron chi connectivity index (χ4n) is 5.25. The summed E-state index contributed by atoms with van der Waals surface area (Å²) in [6, 6.07) is 6.56. The van der Waals surface area contributed by atoms with E-state index in [-0.39, 0.29) is 41.0 Å². The molecule has 0 bridgehead atoms. The van der Waals surface area contributed by atoms with Crippen LogP contribution in [0.25, 0.3) is 0 Å². The van der Waals surface area contributed by atoms with Crippen LogP contribution < -0.4 is 5.73 Å². The van der Waals surface area contributed by atoms with Gasteiger partial charge in [0.25, 0.3) is 0 Å². The summed E-state index contributed by atoms with van der Waals surface area (Å²) in [5.41, 5.74) is 5.55. The summed E-state index contributed by atoms with van der Waals surface area (Å²) in [6.07, 6.45) is 5.37. The summed E-state index contributed by atoms with van der Waals surface area (Å²) in [6.45, 7) is 3.21. The van der Waals surface area contributed by atoms with Crippen molar-refractivity contribution in [2.45, 2.75) is 62.7 Å². The molecule has 2 aromatic rings. The number of hydrogen-bond donors (Lipinski definition) is 1. The first-order valence-electron chi connectivity index (χ1n) is 11.5. The molecule has 1 saturated carbocycles. The van der Waals surface area contributed by atoms with Crippen molar-refractivity contribution in [2.24, 2.45) is 16.6 Å². The van der Waals surface area contributed by atoms with Crippen LogP contribution in [0.1, 0.15) is 67.6 Å². The average Bonchev–Trinajstić information content (AvgIpc) is 2.79. The van der Waals surface area contributed by atoms with E-state index in [0.717, 1.165) is 44.4 Å². The van der Waals surface area contributed by atoms with E-state index < -0.39 is 31.8 Å². The van der Waals surface area contributed by atoms with Gasteiger partial charge in [-0.2, -0.15) is 0 Å². The second-order valence-electron chi connectivity index (χ2n) is 9.75. The highest BCUT2D eigenvalue weighted by molar-refractivity contribution is 7.93. The molecule has 4 rings (SSSR count). The predicted molar refractivity (Wildman–Crippen MR) is 126 cm³/mol. The molecular formula is C25H29F2N3O3S. The Morgan fingerprint density at radius 3 is 2.44 bits per heavy atom. The summed E-state index contributed by atoms with van der Waals surface area (Å²) in [4.78, 5) is 21.0. The van der Waals surface area contributed by atoms with Crippen LogP contribution in [0.4, 0.5) is 8.78 Å². The minimum atomic E-state index is -3.76. The monoisotopic (exact) mass is 489 g/mol. The standard InChI is InChI=1S/C25H29F2N3O3S/c1-24(15-34(32,33)25(2,23(28)30-24)17-6-4-3-5-7-17)19-12-16(8-10-20(19)27)13-22(31)21-11-9-18(26)14-29-21/h8-12,14,17H,3-7,13,15H2,1-2H3,(H2,28,30)/t24-,25-/m0/s1. The maximum absolute atomic E-state index is 15.0. The number of amidine groups is 1. The van der Waals surface area contributed by atoms with Crippen molar-refractivity contribution in [1.29, 1.82) is 0 Å². The van der Waals surface area contributed by atoms with Gasteiger partial charge in [-0.15, -0.1) is 0 Å². The number of carbonyl (C=O) groups excluding carboxylic acids is 1. The van der Waals surface area contributed by atoms with Crippen LogP contribution in [0.5, 0.6) is 0 Å². The Labute approximate surface area is 198 Å². The smallest absolute Gasteiger partial charge is 0.185 e. The fourth-order valence-corrected chi connectivity index (χ4v) is 7.62. The average molecular weight is 490 g/mol. The predicted octanol–water partition coefficient (Wildman–Crippen LogP) is 4.13. The van der Waals surface area contributed by atoms with Crippen molar-refractivity contribution < 1.29 is 22.0 Å². The molecule has 34 heavy (non-hydrogen) atoms. The van der Waals surface area contributed by atoms with E-state index in [4.69, 9.17) is 5.73 Å². The molecule has 1 aliphatic carbocycles. The molecule has 0 amide bonds. The zero-order valence-electron chi connectivity index (χ0n) is 19.4. The van der Waals surface area contributed by atoms with E-state index in [0.29, 0.717) is 5.56 Å². The normalized spacial score (nSPS) is 27.2. The number of aliphatic imine (C=N–C) groups is 1. The summed E-state index contributed by atoms with van der Waals surface area (Å²) >= 11 is 0. The second kappa shape index (κ2) is 8.83. The number of halogens is 2. The van der Waals surface area contributed by atoms with Gasteiger partial charge in [-0.05, 0) is 62.4 Å². The lowest BCUT2D eigenvalue weighted by Gasteiger charge is -2.45. The van der Waals surface area contributed by atoms with Gasteiger partial charge >= 0.3 is 0 Å². The zero-order valence-corrected chi connectivity index (χ0v) is 20.2. The third-order valence-electron chi connectivity index (χ3n) is 7.37. The number of rotatable bonds is 5. The highest BCUT2D eigenvalue weighted by atomic mass is 32.2. The topological polar surface area (TPSA) is 102 Å². The van der Waals surface area contributed by atoms with E-state index in [1.54, 1.807) is 13.8 Å². The third-order valence-corrected chi connectivity index (χ3v) is 10.1. The number of ketones is 1. The Balaban J connectivity index is 1.68. The maximum atomic E-state index is 15.0. The lowest BCUT2D eigenvalue weighted by atomic mass is 9.79. The first-order valence-corrected chi connectivity index (χ1v) is 13.1. The number of carbonyl (C=O) groups is 1. The second-order valence-corrected chi connectivity index (χ2v) is 12.1. The molecule has 0 saturated heterocycles. The molecule has 1 aliphatic heterocycles. The van der Waals surface area contributed by atoms with Gasteiger partial charge in [-0.25, -0.2) is 17.2 Å². The molecule has 0 unspecified atom stereocenters. The molecule has 2 N–H and O–H groups in total. The Morgan fingerprint density at radius 2 is 1.82 bits per heavy atom. The molecule has 1 fully saturated rings. The SMILES string of the molecule is C[C@@]1(c2cc(CC(=O)c3ccc(F)cn3)ccc2F)CS(=O)(=O)[C@@](C)(C2CCCCC2)C(N)=N1. The number of benzene rings is 1. The number of Topliss-reactive ketones (excluding diaryl/α,β-unsaturated/α-hetero) is 1. The van der Waals surface area contributed by atoms with Gasteiger partial charge in [-0.1, -0.05) is 25.3 Å². The van der Waals surface area contributed by atoms with Crippen molar-refractivity contribution in [1.82, 2.24) is 4.98 Å². The fraction of sp³-hybridized carbons (Fsp3) is 0.480. The largest absolute Gasteiger partial charge is 0.386 e. The number of aromatic nitrogens is 1. The van der Waals surface area contributed by atoms with Crippen LogP contribution in [-0.4, -0.2) is 35.5 Å². The quantitative estimate of drug-likeness (QED) is 0.637. The molecule has 2 heterocycles. The Bertz CT molecular complexity index is 1240. The number of nitrogens with two attached hydrogens (primary N) is 1. The van der Waals surface area contributed by atoms with Crippen molar-refractivity contribution in [3.05, 3.63) is 65.0 Å². The minimum Gasteiger partial charge on any atom is -0.386 e. The van der Waals surface area contributed by atoms with Gasteiger partial charge in [0.05, 0.1) is 11.9 Å². The molecule has 0 spiro atoms. The molecule has 2 atom stereocenters. The van der Waals surface area contributed by atoms with Crippen molar-refractivity contribution in [2.75, 3.05) is 5.75 Å². The lowest BCUT2D eigenvalue weighted by Crippen LogP contribution is -2.60. The van der Waals surface area contributed by atoms with Gasteiger partial charge in [0.2, 0.25) is 0 Å². The number of nitrogens with zero attached hydrogens (tertiary/aromatic N) is 2. The van der Waals surface area contributed by atoms with Gasteiger partial charge in [0.1, 0.15) is 33.4 Å². The summed E-state index contributed by atoms with van der Waals surface area (Å²) < 4.78 is 54.0. The van der Waals surface area contributed by atoms with Crippen molar-refractivity contribution in [3.63, 3.8) is 0 Å². The van der Waals surface area contributed by atoms with Crippen LogP contribution in [0.2, 0.25) is 0 Å². The Kier molecular flexibility index (Phi) is 6.35. The lowest BCUT2D eigenvalue weighted by molar-refractivity contribution is 0.0988.